The Morgan fingerprint density at radius 2 is 2.04 bits per heavy atom. The largest absolute Gasteiger partial charge is 0.490 e. The predicted molar refractivity (Wildman–Crippen MR) is 94.4 cm³/mol. The van der Waals surface area contributed by atoms with Crippen LogP contribution in [-0.2, 0) is 5.54 Å². The van der Waals surface area contributed by atoms with E-state index in [9.17, 15) is 0 Å². The highest BCUT2D eigenvalue weighted by molar-refractivity contribution is 5.69. The van der Waals surface area contributed by atoms with Crippen molar-refractivity contribution in [2.24, 2.45) is 5.73 Å². The molecule has 0 amide bonds. The molecule has 1 aliphatic carbocycles. The maximum atomic E-state index is 6.37. The summed E-state index contributed by atoms with van der Waals surface area (Å²) in [5.74, 6) is 1.94. The molecule has 3 rings (SSSR count). The second kappa shape index (κ2) is 7.18. The summed E-state index contributed by atoms with van der Waals surface area (Å²) in [4.78, 5) is 4.46. The Hall–Kier alpha value is -2.14. The molecule has 0 spiro atoms. The minimum absolute atomic E-state index is 0.175. The lowest BCUT2D eigenvalue weighted by Crippen LogP contribution is -2.34. The van der Waals surface area contributed by atoms with Gasteiger partial charge < -0.3 is 15.0 Å². The second-order valence-corrected chi connectivity index (χ2v) is 6.53. The maximum absolute atomic E-state index is 6.37. The first kappa shape index (κ1) is 16.7. The van der Waals surface area contributed by atoms with E-state index in [1.54, 1.807) is 0 Å². The third kappa shape index (κ3) is 3.67. The van der Waals surface area contributed by atoms with Crippen molar-refractivity contribution in [3.8, 4) is 5.75 Å². The van der Waals surface area contributed by atoms with Crippen LogP contribution in [-0.4, -0.2) is 16.2 Å². The first-order valence-corrected chi connectivity index (χ1v) is 8.67. The van der Waals surface area contributed by atoms with E-state index in [0.29, 0.717) is 11.7 Å². The lowest BCUT2D eigenvalue weighted by molar-refractivity contribution is 0.217. The van der Waals surface area contributed by atoms with Crippen LogP contribution in [0.15, 0.2) is 28.8 Å². The van der Waals surface area contributed by atoms with Crippen LogP contribution < -0.4 is 10.5 Å². The monoisotopic (exact) mass is 327 g/mol. The molecule has 1 saturated carbocycles. The van der Waals surface area contributed by atoms with E-state index in [1.165, 1.54) is 0 Å². The number of benzene rings is 1. The minimum atomic E-state index is -0.423. The fourth-order valence-electron chi connectivity index (χ4n) is 2.92. The lowest BCUT2D eigenvalue weighted by atomic mass is 9.99. The fourth-order valence-corrected chi connectivity index (χ4v) is 2.92. The number of aromatic nitrogens is 2. The van der Waals surface area contributed by atoms with Gasteiger partial charge in [0.15, 0.2) is 5.82 Å². The van der Waals surface area contributed by atoms with Gasteiger partial charge in [-0.1, -0.05) is 43.1 Å². The van der Waals surface area contributed by atoms with Crippen LogP contribution in [0.4, 0.5) is 0 Å². The Morgan fingerprint density at radius 1 is 1.29 bits per heavy atom. The topological polar surface area (TPSA) is 74.2 Å². The van der Waals surface area contributed by atoms with Gasteiger partial charge in [-0.3, -0.25) is 0 Å². The summed E-state index contributed by atoms with van der Waals surface area (Å²) in [6.07, 6.45) is 8.97. The summed E-state index contributed by atoms with van der Waals surface area (Å²) in [6, 6.07) is 7.93. The molecule has 128 valence electrons. The molecule has 5 heteroatoms. The van der Waals surface area contributed by atoms with Crippen LogP contribution in [0.25, 0.3) is 12.2 Å². The molecule has 2 aromatic rings. The molecule has 1 heterocycles. The van der Waals surface area contributed by atoms with Crippen molar-refractivity contribution < 1.29 is 9.26 Å². The third-order valence-corrected chi connectivity index (χ3v) is 4.61. The lowest BCUT2D eigenvalue weighted by Gasteiger charge is -2.17. The van der Waals surface area contributed by atoms with Crippen molar-refractivity contribution >= 4 is 12.2 Å². The van der Waals surface area contributed by atoms with Gasteiger partial charge in [0.2, 0.25) is 0 Å². The van der Waals surface area contributed by atoms with Crippen LogP contribution in [0.1, 0.15) is 63.2 Å². The highest BCUT2D eigenvalue weighted by atomic mass is 16.5. The van der Waals surface area contributed by atoms with Crippen LogP contribution in [0.3, 0.4) is 0 Å². The zero-order valence-electron chi connectivity index (χ0n) is 14.4. The van der Waals surface area contributed by atoms with Gasteiger partial charge in [-0.15, -0.1) is 0 Å². The number of hydrogen-bond donors (Lipinski definition) is 1. The minimum Gasteiger partial charge on any atom is -0.490 e. The number of ether oxygens (including phenoxy) is 1. The summed E-state index contributed by atoms with van der Waals surface area (Å²) in [7, 11) is 0. The molecule has 0 radical (unpaired) electrons. The normalized spacial score (nSPS) is 18.1. The Bertz CT molecular complexity index is 702. The van der Waals surface area contributed by atoms with Gasteiger partial charge in [0.1, 0.15) is 5.75 Å². The molecule has 2 N–H and O–H groups in total. The van der Waals surface area contributed by atoms with Crippen molar-refractivity contribution in [2.45, 2.75) is 57.6 Å². The molecule has 5 nitrogen and oxygen atoms in total. The fraction of sp³-hybridized carbons (Fsp3) is 0.474. The first-order valence-electron chi connectivity index (χ1n) is 8.67. The van der Waals surface area contributed by atoms with Crippen molar-refractivity contribution in [3.63, 3.8) is 0 Å². The summed E-state index contributed by atoms with van der Waals surface area (Å²) in [6.45, 7) is 4.17. The quantitative estimate of drug-likeness (QED) is 0.863. The average Bonchev–Trinajstić information content (AvgIpc) is 3.24. The molecule has 0 aliphatic heterocycles. The van der Waals surface area contributed by atoms with Gasteiger partial charge in [0.25, 0.3) is 5.89 Å². The van der Waals surface area contributed by atoms with Crippen LogP contribution in [0.2, 0.25) is 0 Å². The Kier molecular flexibility index (Phi) is 5.00. The average molecular weight is 327 g/mol. The Labute approximate surface area is 142 Å². The van der Waals surface area contributed by atoms with Gasteiger partial charge in [0, 0.05) is 11.6 Å². The Balaban J connectivity index is 1.76. The third-order valence-electron chi connectivity index (χ3n) is 4.61. The number of hydrogen-bond acceptors (Lipinski definition) is 5. The summed E-state index contributed by atoms with van der Waals surface area (Å²) in [5.41, 5.74) is 6.93. The maximum Gasteiger partial charge on any atom is 0.250 e. The Morgan fingerprint density at radius 3 is 2.79 bits per heavy atom. The summed E-state index contributed by atoms with van der Waals surface area (Å²) >= 11 is 0. The predicted octanol–water partition coefficient (Wildman–Crippen LogP) is 4.15. The number of para-hydroxylation sites is 1. The van der Waals surface area contributed by atoms with Gasteiger partial charge in [-0.25, -0.2) is 0 Å². The van der Waals surface area contributed by atoms with Gasteiger partial charge in [-0.05, 0) is 38.3 Å². The number of nitrogens with two attached hydrogens (primary N) is 1. The van der Waals surface area contributed by atoms with Crippen LogP contribution in [0.5, 0.6) is 5.75 Å². The van der Waals surface area contributed by atoms with Gasteiger partial charge in [-0.2, -0.15) is 4.98 Å². The molecule has 0 saturated heterocycles. The van der Waals surface area contributed by atoms with Crippen molar-refractivity contribution in [2.75, 3.05) is 0 Å². The van der Waals surface area contributed by atoms with Crippen molar-refractivity contribution in [1.82, 2.24) is 10.1 Å². The molecule has 1 atom stereocenters. The number of nitrogens with zero attached hydrogens (tertiary/aromatic N) is 2. The molecule has 1 aliphatic rings. The van der Waals surface area contributed by atoms with Crippen molar-refractivity contribution in [1.29, 1.82) is 0 Å². The van der Waals surface area contributed by atoms with E-state index in [-0.39, 0.29) is 6.10 Å². The van der Waals surface area contributed by atoms with E-state index < -0.39 is 5.54 Å². The van der Waals surface area contributed by atoms with Gasteiger partial charge in [0.05, 0.1) is 11.6 Å². The second-order valence-electron chi connectivity index (χ2n) is 6.53. The molecule has 1 aromatic heterocycles. The summed E-state index contributed by atoms with van der Waals surface area (Å²) < 4.78 is 11.3. The van der Waals surface area contributed by atoms with Crippen LogP contribution >= 0.6 is 0 Å². The highest BCUT2D eigenvalue weighted by Crippen LogP contribution is 2.34. The van der Waals surface area contributed by atoms with Gasteiger partial charge >= 0.3 is 0 Å². The van der Waals surface area contributed by atoms with E-state index in [0.717, 1.165) is 43.4 Å². The van der Waals surface area contributed by atoms with Crippen molar-refractivity contribution in [3.05, 3.63) is 41.5 Å². The van der Waals surface area contributed by atoms with E-state index in [2.05, 4.69) is 24.0 Å². The smallest absolute Gasteiger partial charge is 0.250 e. The summed E-state index contributed by atoms with van der Waals surface area (Å²) in [5, 5.41) is 4.07. The van der Waals surface area contributed by atoms with E-state index >= 15 is 0 Å². The highest BCUT2D eigenvalue weighted by Gasteiger charge is 2.35. The van der Waals surface area contributed by atoms with E-state index in [1.807, 2.05) is 36.4 Å². The molecular weight excluding hydrogens is 302 g/mol. The zero-order chi connectivity index (χ0) is 17.0. The molecule has 24 heavy (non-hydrogen) atoms. The number of rotatable bonds is 6. The molecule has 0 bridgehead atoms. The standard InChI is InChI=1S/C19H25N3O2/c1-3-14(2)23-16-9-5-4-8-15(16)10-11-17-21-18(22-24-17)19(20)12-6-7-13-19/h4-5,8-11,14H,3,6-7,12-13,20H2,1-2H3/b11-10+. The molecule has 1 aromatic carbocycles. The zero-order valence-corrected chi connectivity index (χ0v) is 14.4. The van der Waals surface area contributed by atoms with Crippen LogP contribution in [0, 0.1) is 0 Å². The molecular formula is C19H25N3O2. The molecule has 1 unspecified atom stereocenters. The first-order chi connectivity index (χ1) is 11.6. The SMILES string of the molecule is CCC(C)Oc1ccccc1/C=C/c1nc(C2(N)CCCC2)no1. The molecule has 1 fully saturated rings. The van der Waals surface area contributed by atoms with E-state index in [4.69, 9.17) is 15.0 Å².